The molecule has 7 heteroatoms. The van der Waals surface area contributed by atoms with Gasteiger partial charge in [-0.25, -0.2) is 8.42 Å². The largest absolute Gasteiger partial charge is 0.280 e. The molecule has 2 aromatic carbocycles. The highest BCUT2D eigenvalue weighted by Crippen LogP contribution is 2.26. The van der Waals surface area contributed by atoms with Crippen molar-refractivity contribution in [3.63, 3.8) is 0 Å². The fourth-order valence-electron chi connectivity index (χ4n) is 1.41. The predicted molar refractivity (Wildman–Crippen MR) is 81.4 cm³/mol. The highest BCUT2D eigenvalue weighted by molar-refractivity contribution is 9.10. The summed E-state index contributed by atoms with van der Waals surface area (Å²) in [5, 5.41) is 0.781. The first-order valence-electron chi connectivity index (χ1n) is 5.12. The average molecular weight is 381 g/mol. The molecule has 0 aliphatic heterocycles. The summed E-state index contributed by atoms with van der Waals surface area (Å²) in [6.07, 6.45) is 0. The van der Waals surface area contributed by atoms with Crippen LogP contribution in [0, 0.1) is 0 Å². The van der Waals surface area contributed by atoms with E-state index >= 15 is 0 Å². The van der Waals surface area contributed by atoms with Crippen LogP contribution in [-0.2, 0) is 10.0 Å². The summed E-state index contributed by atoms with van der Waals surface area (Å²) in [6, 6.07) is 10.9. The Balaban J connectivity index is 2.35. The van der Waals surface area contributed by atoms with Crippen molar-refractivity contribution in [3.05, 3.63) is 57.0 Å². The van der Waals surface area contributed by atoms with Crippen LogP contribution in [-0.4, -0.2) is 8.42 Å². The number of sulfonamides is 1. The lowest BCUT2D eigenvalue weighted by Crippen LogP contribution is -2.12. The van der Waals surface area contributed by atoms with Crippen molar-refractivity contribution in [1.29, 1.82) is 0 Å². The summed E-state index contributed by atoms with van der Waals surface area (Å²) in [5.41, 5.74) is 0.395. The van der Waals surface area contributed by atoms with E-state index in [9.17, 15) is 8.42 Å². The van der Waals surface area contributed by atoms with Gasteiger partial charge in [-0.3, -0.25) is 4.72 Å². The number of halogens is 3. The molecule has 19 heavy (non-hydrogen) atoms. The fraction of sp³-hybridized carbons (Fsp3) is 0. The lowest BCUT2D eigenvalue weighted by Gasteiger charge is -2.09. The highest BCUT2D eigenvalue weighted by Gasteiger charge is 2.15. The number of benzene rings is 2. The molecule has 0 bridgehead atoms. The van der Waals surface area contributed by atoms with Gasteiger partial charge in [0.25, 0.3) is 10.0 Å². The second kappa shape index (κ2) is 5.71. The Bertz CT molecular complexity index is 719. The van der Waals surface area contributed by atoms with Crippen molar-refractivity contribution < 1.29 is 8.42 Å². The van der Waals surface area contributed by atoms with Gasteiger partial charge in [0.2, 0.25) is 0 Å². The standard InChI is InChI=1S/C12H8BrCl2NO2S/c13-11-5-4-10(7-12(11)15)19(17,18)16-9-3-1-2-8(14)6-9/h1-7,16H. The molecule has 2 aromatic rings. The van der Waals surface area contributed by atoms with Gasteiger partial charge in [0, 0.05) is 9.50 Å². The van der Waals surface area contributed by atoms with Crippen LogP contribution in [0.3, 0.4) is 0 Å². The zero-order valence-corrected chi connectivity index (χ0v) is 13.3. The van der Waals surface area contributed by atoms with E-state index in [-0.39, 0.29) is 4.90 Å². The second-order valence-corrected chi connectivity index (χ2v) is 7.07. The summed E-state index contributed by atoms with van der Waals surface area (Å²) in [5.74, 6) is 0. The number of hydrogen-bond acceptors (Lipinski definition) is 2. The minimum Gasteiger partial charge on any atom is -0.280 e. The van der Waals surface area contributed by atoms with Crippen molar-refractivity contribution >= 4 is 54.8 Å². The topological polar surface area (TPSA) is 46.2 Å². The molecule has 0 unspecified atom stereocenters. The minimum atomic E-state index is -3.68. The zero-order chi connectivity index (χ0) is 14.0. The molecule has 0 amide bonds. The Morgan fingerprint density at radius 2 is 1.79 bits per heavy atom. The molecule has 3 nitrogen and oxygen atoms in total. The number of anilines is 1. The number of rotatable bonds is 3. The Morgan fingerprint density at radius 3 is 2.42 bits per heavy atom. The van der Waals surface area contributed by atoms with Crippen molar-refractivity contribution in [2.24, 2.45) is 0 Å². The molecular formula is C12H8BrCl2NO2S. The van der Waals surface area contributed by atoms with Crippen molar-refractivity contribution in [2.75, 3.05) is 4.72 Å². The van der Waals surface area contributed by atoms with E-state index in [1.54, 1.807) is 24.3 Å². The van der Waals surface area contributed by atoms with E-state index < -0.39 is 10.0 Å². The van der Waals surface area contributed by atoms with Crippen LogP contribution in [0.2, 0.25) is 10.0 Å². The summed E-state index contributed by atoms with van der Waals surface area (Å²) in [4.78, 5) is 0.0840. The van der Waals surface area contributed by atoms with Crippen LogP contribution in [0.4, 0.5) is 5.69 Å². The Morgan fingerprint density at radius 1 is 1.05 bits per heavy atom. The maximum absolute atomic E-state index is 12.1. The van der Waals surface area contributed by atoms with Gasteiger partial charge in [0.15, 0.2) is 0 Å². The maximum Gasteiger partial charge on any atom is 0.261 e. The SMILES string of the molecule is O=S(=O)(Nc1cccc(Cl)c1)c1ccc(Br)c(Cl)c1. The molecule has 1 N–H and O–H groups in total. The third-order valence-corrected chi connectivity index (χ3v) is 5.12. The molecule has 0 fully saturated rings. The first kappa shape index (κ1) is 14.7. The smallest absolute Gasteiger partial charge is 0.261 e. The second-order valence-electron chi connectivity index (χ2n) is 3.69. The van der Waals surface area contributed by atoms with E-state index in [0.717, 1.165) is 0 Å². The summed E-state index contributed by atoms with van der Waals surface area (Å²) < 4.78 is 27.4. The van der Waals surface area contributed by atoms with Gasteiger partial charge in [-0.1, -0.05) is 29.3 Å². The van der Waals surface area contributed by atoms with Crippen molar-refractivity contribution in [3.8, 4) is 0 Å². The zero-order valence-electron chi connectivity index (χ0n) is 9.40. The Kier molecular flexibility index (Phi) is 4.40. The first-order chi connectivity index (χ1) is 8.88. The maximum atomic E-state index is 12.1. The summed E-state index contributed by atoms with van der Waals surface area (Å²) >= 11 is 14.9. The molecule has 0 radical (unpaired) electrons. The molecule has 0 saturated heterocycles. The van der Waals surface area contributed by atoms with Gasteiger partial charge < -0.3 is 0 Å². The van der Waals surface area contributed by atoms with Crippen LogP contribution in [0.15, 0.2) is 51.8 Å². The van der Waals surface area contributed by atoms with E-state index in [1.165, 1.54) is 18.2 Å². The molecule has 0 heterocycles. The van der Waals surface area contributed by atoms with Gasteiger partial charge in [0.1, 0.15) is 0 Å². The molecule has 0 aromatic heterocycles. The first-order valence-corrected chi connectivity index (χ1v) is 8.15. The fourth-order valence-corrected chi connectivity index (χ4v) is 3.17. The molecular weight excluding hydrogens is 373 g/mol. The lowest BCUT2D eigenvalue weighted by atomic mass is 10.3. The van der Waals surface area contributed by atoms with Crippen LogP contribution in [0.5, 0.6) is 0 Å². The molecule has 2 rings (SSSR count). The van der Waals surface area contributed by atoms with Gasteiger partial charge in [-0.2, -0.15) is 0 Å². The lowest BCUT2D eigenvalue weighted by molar-refractivity contribution is 0.601. The highest BCUT2D eigenvalue weighted by atomic mass is 79.9. The molecule has 0 spiro atoms. The molecule has 100 valence electrons. The quantitative estimate of drug-likeness (QED) is 0.848. The third kappa shape index (κ3) is 3.63. The van der Waals surface area contributed by atoms with Gasteiger partial charge in [-0.05, 0) is 52.3 Å². The van der Waals surface area contributed by atoms with Gasteiger partial charge in [0.05, 0.1) is 15.6 Å². The number of nitrogens with one attached hydrogen (secondary N) is 1. The van der Waals surface area contributed by atoms with E-state index in [4.69, 9.17) is 23.2 Å². The monoisotopic (exact) mass is 379 g/mol. The minimum absolute atomic E-state index is 0.0840. The van der Waals surface area contributed by atoms with E-state index in [2.05, 4.69) is 20.7 Å². The van der Waals surface area contributed by atoms with Crippen LogP contribution >= 0.6 is 39.1 Å². The molecule has 0 atom stereocenters. The molecule has 0 aliphatic carbocycles. The molecule has 0 aliphatic rings. The third-order valence-electron chi connectivity index (χ3n) is 2.28. The van der Waals surface area contributed by atoms with Crippen LogP contribution in [0.25, 0.3) is 0 Å². The van der Waals surface area contributed by atoms with Crippen LogP contribution < -0.4 is 4.72 Å². The Labute approximate surface area is 129 Å². The van der Waals surface area contributed by atoms with E-state index in [0.29, 0.717) is 20.2 Å². The van der Waals surface area contributed by atoms with E-state index in [1.807, 2.05) is 0 Å². The average Bonchev–Trinajstić information content (AvgIpc) is 2.32. The van der Waals surface area contributed by atoms with Gasteiger partial charge in [-0.15, -0.1) is 0 Å². The number of hydrogen-bond donors (Lipinski definition) is 1. The molecule has 0 saturated carbocycles. The van der Waals surface area contributed by atoms with Crippen molar-refractivity contribution in [2.45, 2.75) is 4.90 Å². The van der Waals surface area contributed by atoms with Crippen molar-refractivity contribution in [1.82, 2.24) is 0 Å². The normalized spacial score (nSPS) is 11.3. The Hall–Kier alpha value is -0.750. The predicted octanol–water partition coefficient (Wildman–Crippen LogP) is 4.56. The van der Waals surface area contributed by atoms with Gasteiger partial charge >= 0.3 is 0 Å². The van der Waals surface area contributed by atoms with Crippen LogP contribution in [0.1, 0.15) is 0 Å². The summed E-state index contributed by atoms with van der Waals surface area (Å²) in [7, 11) is -3.68. The summed E-state index contributed by atoms with van der Waals surface area (Å²) in [6.45, 7) is 0.